The van der Waals surface area contributed by atoms with Crippen LogP contribution in [0.3, 0.4) is 0 Å². The maximum atomic E-state index is 13.5. The van der Waals surface area contributed by atoms with E-state index in [0.717, 1.165) is 0 Å². The minimum absolute atomic E-state index is 0.0281. The second kappa shape index (κ2) is 5.99. The second-order valence-corrected chi connectivity index (χ2v) is 4.29. The van der Waals surface area contributed by atoms with Gasteiger partial charge in [-0.3, -0.25) is 5.73 Å². The summed E-state index contributed by atoms with van der Waals surface area (Å²) in [6, 6.07) is 6.54. The monoisotopic (exact) mass is 269 g/mol. The van der Waals surface area contributed by atoms with Crippen molar-refractivity contribution in [2.75, 3.05) is 20.3 Å². The molecule has 3 unspecified atom stereocenters. The lowest BCUT2D eigenvalue weighted by molar-refractivity contribution is 0.0582. The predicted molar refractivity (Wildman–Crippen MR) is 65.6 cm³/mol. The van der Waals surface area contributed by atoms with Gasteiger partial charge in [-0.1, -0.05) is 12.1 Å². The molecular weight excluding hydrogens is 253 g/mol. The Morgan fingerprint density at radius 1 is 1.47 bits per heavy atom. The topological polar surface area (TPSA) is 70.8 Å². The molecule has 1 saturated heterocycles. The highest BCUT2D eigenvalue weighted by atomic mass is 19.1. The summed E-state index contributed by atoms with van der Waals surface area (Å²) < 4.78 is 28.6. The van der Waals surface area contributed by atoms with Gasteiger partial charge in [0.15, 0.2) is 6.23 Å². The zero-order valence-corrected chi connectivity index (χ0v) is 10.5. The van der Waals surface area contributed by atoms with Gasteiger partial charge in [0.1, 0.15) is 17.5 Å². The van der Waals surface area contributed by atoms with Crippen LogP contribution in [0.4, 0.5) is 4.39 Å². The third kappa shape index (κ3) is 3.02. The molecule has 1 aliphatic rings. The van der Waals surface area contributed by atoms with E-state index in [-0.39, 0.29) is 24.5 Å². The minimum atomic E-state index is -1.15. The lowest BCUT2D eigenvalue weighted by Gasteiger charge is -2.22. The number of benzene rings is 1. The molecule has 19 heavy (non-hydrogen) atoms. The average Bonchev–Trinajstić information content (AvgIpc) is 2.85. The van der Waals surface area contributed by atoms with Crippen LogP contribution in [0.1, 0.15) is 10.4 Å². The first-order valence-electron chi connectivity index (χ1n) is 5.95. The average molecular weight is 269 g/mol. The van der Waals surface area contributed by atoms with Crippen molar-refractivity contribution in [3.63, 3.8) is 0 Å². The van der Waals surface area contributed by atoms with Gasteiger partial charge in [0, 0.05) is 0 Å². The molecule has 0 aliphatic carbocycles. The molecule has 1 aromatic rings. The Morgan fingerprint density at radius 3 is 2.84 bits per heavy atom. The van der Waals surface area contributed by atoms with E-state index in [9.17, 15) is 9.18 Å². The molecule has 0 aromatic heterocycles. The lowest BCUT2D eigenvalue weighted by atomic mass is 10.1. The van der Waals surface area contributed by atoms with Crippen molar-refractivity contribution in [1.82, 2.24) is 0 Å². The van der Waals surface area contributed by atoms with Crippen LogP contribution >= 0.6 is 0 Å². The van der Waals surface area contributed by atoms with Crippen LogP contribution in [0.15, 0.2) is 24.3 Å². The summed E-state index contributed by atoms with van der Waals surface area (Å²) in [6.07, 6.45) is -2.02. The van der Waals surface area contributed by atoms with Gasteiger partial charge < -0.3 is 14.2 Å². The number of hydrogen-bond donors (Lipinski definition) is 1. The molecule has 5 nitrogen and oxygen atoms in total. The molecule has 1 heterocycles. The van der Waals surface area contributed by atoms with Gasteiger partial charge in [0.25, 0.3) is 0 Å². The van der Waals surface area contributed by atoms with Crippen molar-refractivity contribution in [3.8, 4) is 5.75 Å². The maximum absolute atomic E-state index is 13.5. The number of carbonyl (C=O) groups excluding carboxylic acids is 1. The fourth-order valence-corrected chi connectivity index (χ4v) is 1.93. The fourth-order valence-electron chi connectivity index (χ4n) is 1.93. The number of hydrogen-bond acceptors (Lipinski definition) is 5. The van der Waals surface area contributed by atoms with Crippen LogP contribution in [0.5, 0.6) is 5.75 Å². The highest BCUT2D eigenvalue weighted by Crippen LogP contribution is 2.25. The molecule has 0 bridgehead atoms. The van der Waals surface area contributed by atoms with Gasteiger partial charge in [-0.15, -0.1) is 0 Å². The van der Waals surface area contributed by atoms with E-state index in [2.05, 4.69) is 4.74 Å². The van der Waals surface area contributed by atoms with E-state index in [0.29, 0.717) is 0 Å². The molecule has 1 aliphatic heterocycles. The van der Waals surface area contributed by atoms with E-state index < -0.39 is 24.3 Å². The normalized spacial score (nSPS) is 23.9. The van der Waals surface area contributed by atoms with Crippen molar-refractivity contribution >= 4 is 5.97 Å². The Labute approximate surface area is 110 Å². The lowest BCUT2D eigenvalue weighted by Crippen LogP contribution is -2.40. The van der Waals surface area contributed by atoms with E-state index >= 15 is 0 Å². The molecule has 0 radical (unpaired) electrons. The zero-order chi connectivity index (χ0) is 13.8. The van der Waals surface area contributed by atoms with E-state index in [1.54, 1.807) is 24.3 Å². The number of carbonyl (C=O) groups is 1. The Balaban J connectivity index is 2.12. The van der Waals surface area contributed by atoms with Gasteiger partial charge in [0.2, 0.25) is 0 Å². The first kappa shape index (κ1) is 13.8. The van der Waals surface area contributed by atoms with Crippen molar-refractivity contribution in [2.45, 2.75) is 12.4 Å². The molecular formula is C13H16FNO4. The van der Waals surface area contributed by atoms with Crippen LogP contribution in [0, 0.1) is 5.92 Å². The van der Waals surface area contributed by atoms with Gasteiger partial charge in [-0.25, -0.2) is 9.18 Å². The summed E-state index contributed by atoms with van der Waals surface area (Å²) in [4.78, 5) is 11.6. The number of alkyl halides is 1. The summed E-state index contributed by atoms with van der Waals surface area (Å²) in [5, 5.41) is 0. The molecule has 2 N–H and O–H groups in total. The summed E-state index contributed by atoms with van der Waals surface area (Å²) >= 11 is 0. The van der Waals surface area contributed by atoms with Crippen molar-refractivity contribution in [2.24, 2.45) is 11.7 Å². The van der Waals surface area contributed by atoms with Gasteiger partial charge in [0.05, 0.1) is 26.2 Å². The predicted octanol–water partition coefficient (Wildman–Crippen LogP) is 1.12. The molecule has 0 amide bonds. The van der Waals surface area contributed by atoms with Gasteiger partial charge in [-0.05, 0) is 12.1 Å². The van der Waals surface area contributed by atoms with Crippen molar-refractivity contribution < 1.29 is 23.4 Å². The second-order valence-electron chi connectivity index (χ2n) is 4.29. The molecule has 1 aromatic carbocycles. The molecule has 104 valence electrons. The van der Waals surface area contributed by atoms with Crippen LogP contribution in [0.2, 0.25) is 0 Å². The highest BCUT2D eigenvalue weighted by Gasteiger charge is 2.35. The minimum Gasteiger partial charge on any atom is -0.474 e. The van der Waals surface area contributed by atoms with E-state index in [4.69, 9.17) is 15.2 Å². The van der Waals surface area contributed by atoms with E-state index in [1.807, 2.05) is 0 Å². The zero-order valence-electron chi connectivity index (χ0n) is 10.5. The van der Waals surface area contributed by atoms with Crippen molar-refractivity contribution in [3.05, 3.63) is 29.8 Å². The van der Waals surface area contributed by atoms with E-state index in [1.165, 1.54) is 7.11 Å². The molecule has 1 fully saturated rings. The summed E-state index contributed by atoms with van der Waals surface area (Å²) in [7, 11) is 1.28. The summed E-state index contributed by atoms with van der Waals surface area (Å²) in [5.41, 5.74) is 6.08. The SMILES string of the molecule is COC(=O)c1ccccc1OC(N)C1COCC1F. The molecule has 3 atom stereocenters. The molecule has 6 heteroatoms. The largest absolute Gasteiger partial charge is 0.474 e. The number of halogens is 1. The molecule has 2 rings (SSSR count). The first-order valence-corrected chi connectivity index (χ1v) is 5.95. The third-order valence-electron chi connectivity index (χ3n) is 3.03. The van der Waals surface area contributed by atoms with Gasteiger partial charge >= 0.3 is 5.97 Å². The Bertz CT molecular complexity index is 454. The quantitative estimate of drug-likeness (QED) is 0.655. The summed E-state index contributed by atoms with van der Waals surface area (Å²) in [5.74, 6) is -0.783. The number of nitrogens with two attached hydrogens (primary N) is 1. The highest BCUT2D eigenvalue weighted by molar-refractivity contribution is 5.92. The van der Waals surface area contributed by atoms with Crippen LogP contribution in [0.25, 0.3) is 0 Å². The maximum Gasteiger partial charge on any atom is 0.341 e. The Kier molecular flexibility index (Phi) is 4.34. The van der Waals surface area contributed by atoms with Crippen LogP contribution in [-0.2, 0) is 9.47 Å². The number of methoxy groups -OCH3 is 1. The van der Waals surface area contributed by atoms with Crippen LogP contribution < -0.4 is 10.5 Å². The van der Waals surface area contributed by atoms with Crippen LogP contribution in [-0.4, -0.2) is 38.7 Å². The number of rotatable bonds is 4. The molecule has 0 spiro atoms. The van der Waals surface area contributed by atoms with Gasteiger partial charge in [-0.2, -0.15) is 0 Å². The first-order chi connectivity index (χ1) is 9.13. The number of esters is 1. The Morgan fingerprint density at radius 2 is 2.21 bits per heavy atom. The Hall–Kier alpha value is -1.66. The van der Waals surface area contributed by atoms with Crippen molar-refractivity contribution in [1.29, 1.82) is 0 Å². The smallest absolute Gasteiger partial charge is 0.341 e. The number of para-hydroxylation sites is 1. The third-order valence-corrected chi connectivity index (χ3v) is 3.03. The standard InChI is InChI=1S/C13H16FNO4/c1-17-13(16)8-4-2-3-5-11(8)19-12(15)9-6-18-7-10(9)14/h2-5,9-10,12H,6-7,15H2,1H3. The fraction of sp³-hybridized carbons (Fsp3) is 0.462. The summed E-state index contributed by atoms with van der Waals surface area (Å²) in [6.45, 7) is 0.239. The molecule has 0 saturated carbocycles. The number of ether oxygens (including phenoxy) is 3.